The van der Waals surface area contributed by atoms with E-state index in [0.29, 0.717) is 33.8 Å². The van der Waals surface area contributed by atoms with Crippen LogP contribution in [0.15, 0.2) is 114 Å². The third-order valence-corrected chi connectivity index (χ3v) is 7.07. The molecule has 0 spiro atoms. The number of nitrogens with one attached hydrogen (secondary N) is 3. The van der Waals surface area contributed by atoms with E-state index in [2.05, 4.69) is 16.0 Å². The Bertz CT molecular complexity index is 1660. The zero-order valence-electron chi connectivity index (χ0n) is 24.2. The molecule has 10 heteroatoms. The first-order valence-electron chi connectivity index (χ1n) is 13.7. The summed E-state index contributed by atoms with van der Waals surface area (Å²) < 4.78 is 10.3. The molecule has 0 radical (unpaired) electrons. The average molecular weight is 610 g/mol. The SMILES string of the molecule is CCOC(=O)c1ccc(NC(=O)CSc2cccc(NC(=O)/C(=C/c3cccc(OC)c3)NC(=O)c3ccccc3)c2)cc1. The van der Waals surface area contributed by atoms with Crippen LogP contribution in [0.2, 0.25) is 0 Å². The molecule has 0 atom stereocenters. The van der Waals surface area contributed by atoms with E-state index in [1.165, 1.54) is 11.8 Å². The number of hydrogen-bond acceptors (Lipinski definition) is 7. The second kappa shape index (κ2) is 15.8. The van der Waals surface area contributed by atoms with Gasteiger partial charge in [-0.2, -0.15) is 0 Å². The first-order chi connectivity index (χ1) is 21.3. The van der Waals surface area contributed by atoms with Gasteiger partial charge >= 0.3 is 5.97 Å². The van der Waals surface area contributed by atoms with E-state index in [1.54, 1.807) is 117 Å². The van der Waals surface area contributed by atoms with Crippen molar-refractivity contribution in [3.63, 3.8) is 0 Å². The number of carbonyl (C=O) groups is 4. The third-order valence-electron chi connectivity index (χ3n) is 6.08. The number of rotatable bonds is 12. The van der Waals surface area contributed by atoms with Crippen LogP contribution in [-0.2, 0) is 14.3 Å². The molecule has 0 fully saturated rings. The van der Waals surface area contributed by atoms with Crippen molar-refractivity contribution in [2.24, 2.45) is 0 Å². The number of anilines is 2. The van der Waals surface area contributed by atoms with Crippen LogP contribution in [-0.4, -0.2) is 43.2 Å². The molecule has 4 rings (SSSR count). The maximum Gasteiger partial charge on any atom is 0.338 e. The Morgan fingerprint density at radius 3 is 2.25 bits per heavy atom. The van der Waals surface area contributed by atoms with Crippen LogP contribution in [0.3, 0.4) is 0 Å². The van der Waals surface area contributed by atoms with Gasteiger partial charge in [0.05, 0.1) is 25.0 Å². The summed E-state index contributed by atoms with van der Waals surface area (Å²) in [5.74, 6) is -0.889. The van der Waals surface area contributed by atoms with E-state index in [-0.39, 0.29) is 24.0 Å². The van der Waals surface area contributed by atoms with Crippen LogP contribution in [0.1, 0.15) is 33.2 Å². The fourth-order valence-corrected chi connectivity index (χ4v) is 4.71. The Hall–Kier alpha value is -5.35. The van der Waals surface area contributed by atoms with Crippen molar-refractivity contribution < 1.29 is 28.7 Å². The average Bonchev–Trinajstić information content (AvgIpc) is 3.04. The van der Waals surface area contributed by atoms with Crippen LogP contribution in [0.5, 0.6) is 5.75 Å². The molecule has 0 aromatic heterocycles. The standard InChI is InChI=1S/C34H31N3O6S/c1-3-43-34(41)25-15-17-26(18-16-25)35-31(38)22-44-29-14-8-12-27(21-29)36-33(40)30(20-23-9-7-13-28(19-23)42-2)37-32(39)24-10-5-4-6-11-24/h4-21H,3,22H2,1-2H3,(H,35,38)(H,36,40)(H,37,39)/b30-20-. The highest BCUT2D eigenvalue weighted by atomic mass is 32.2. The molecule has 4 aromatic rings. The van der Waals surface area contributed by atoms with Gasteiger partial charge in [0.15, 0.2) is 0 Å². The van der Waals surface area contributed by atoms with Gasteiger partial charge in [-0.1, -0.05) is 36.4 Å². The molecule has 4 aromatic carbocycles. The zero-order valence-corrected chi connectivity index (χ0v) is 25.0. The quantitative estimate of drug-likeness (QED) is 0.102. The minimum Gasteiger partial charge on any atom is -0.497 e. The van der Waals surface area contributed by atoms with Gasteiger partial charge in [0.25, 0.3) is 11.8 Å². The number of carbonyl (C=O) groups excluding carboxylic acids is 4. The van der Waals surface area contributed by atoms with Gasteiger partial charge in [-0.3, -0.25) is 14.4 Å². The van der Waals surface area contributed by atoms with Crippen molar-refractivity contribution in [1.29, 1.82) is 0 Å². The van der Waals surface area contributed by atoms with Crippen LogP contribution >= 0.6 is 11.8 Å². The van der Waals surface area contributed by atoms with Crippen molar-refractivity contribution >= 4 is 52.9 Å². The molecular formula is C34H31N3O6S. The molecule has 224 valence electrons. The number of ether oxygens (including phenoxy) is 2. The molecule has 44 heavy (non-hydrogen) atoms. The molecule has 0 unspecified atom stereocenters. The molecular weight excluding hydrogens is 578 g/mol. The normalized spacial score (nSPS) is 10.8. The minimum atomic E-state index is -0.525. The smallest absolute Gasteiger partial charge is 0.338 e. The Morgan fingerprint density at radius 2 is 1.52 bits per heavy atom. The molecule has 0 saturated carbocycles. The number of thioether (sulfide) groups is 1. The summed E-state index contributed by atoms with van der Waals surface area (Å²) in [7, 11) is 1.55. The van der Waals surface area contributed by atoms with Crippen LogP contribution in [0, 0.1) is 0 Å². The highest BCUT2D eigenvalue weighted by molar-refractivity contribution is 8.00. The van der Waals surface area contributed by atoms with Gasteiger partial charge in [0.1, 0.15) is 11.4 Å². The number of benzene rings is 4. The van der Waals surface area contributed by atoms with Gasteiger partial charge in [-0.25, -0.2) is 4.79 Å². The predicted molar refractivity (Wildman–Crippen MR) is 172 cm³/mol. The molecule has 3 amide bonds. The summed E-state index contributed by atoms with van der Waals surface area (Å²) in [5.41, 5.74) is 2.55. The Balaban J connectivity index is 1.41. The maximum atomic E-state index is 13.4. The summed E-state index contributed by atoms with van der Waals surface area (Å²) in [5, 5.41) is 8.35. The summed E-state index contributed by atoms with van der Waals surface area (Å²) in [4.78, 5) is 51.4. The van der Waals surface area contributed by atoms with Crippen molar-refractivity contribution in [2.45, 2.75) is 11.8 Å². The van der Waals surface area contributed by atoms with Gasteiger partial charge < -0.3 is 25.4 Å². The van der Waals surface area contributed by atoms with Gasteiger partial charge in [-0.05, 0) is 85.3 Å². The molecule has 0 aliphatic carbocycles. The lowest BCUT2D eigenvalue weighted by Gasteiger charge is -2.12. The van der Waals surface area contributed by atoms with E-state index >= 15 is 0 Å². The van der Waals surface area contributed by atoms with Crippen molar-refractivity contribution in [3.8, 4) is 5.75 Å². The molecule has 0 bridgehead atoms. The molecule has 9 nitrogen and oxygen atoms in total. The lowest BCUT2D eigenvalue weighted by molar-refractivity contribution is -0.114. The fourth-order valence-electron chi connectivity index (χ4n) is 3.95. The number of methoxy groups -OCH3 is 1. The monoisotopic (exact) mass is 609 g/mol. The highest BCUT2D eigenvalue weighted by Gasteiger charge is 2.16. The maximum absolute atomic E-state index is 13.4. The van der Waals surface area contributed by atoms with E-state index in [9.17, 15) is 19.2 Å². The zero-order chi connectivity index (χ0) is 31.3. The topological polar surface area (TPSA) is 123 Å². The second-order valence-corrected chi connectivity index (χ2v) is 10.3. The lowest BCUT2D eigenvalue weighted by atomic mass is 10.1. The van der Waals surface area contributed by atoms with Crippen LogP contribution < -0.4 is 20.7 Å². The largest absolute Gasteiger partial charge is 0.497 e. The van der Waals surface area contributed by atoms with E-state index in [1.807, 2.05) is 6.07 Å². The third kappa shape index (κ3) is 9.33. The Kier molecular flexibility index (Phi) is 11.3. The minimum absolute atomic E-state index is 0.0403. The van der Waals surface area contributed by atoms with E-state index in [0.717, 1.165) is 4.90 Å². The number of hydrogen-bond donors (Lipinski definition) is 3. The Labute approximate surface area is 259 Å². The van der Waals surface area contributed by atoms with Crippen LogP contribution in [0.25, 0.3) is 6.08 Å². The summed E-state index contributed by atoms with van der Waals surface area (Å²) in [6, 6.07) is 29.2. The summed E-state index contributed by atoms with van der Waals surface area (Å²) in [6.07, 6.45) is 1.57. The van der Waals surface area contributed by atoms with Gasteiger partial charge in [-0.15, -0.1) is 11.8 Å². The van der Waals surface area contributed by atoms with Crippen molar-refractivity contribution in [3.05, 3.63) is 126 Å². The first-order valence-corrected chi connectivity index (χ1v) is 14.7. The van der Waals surface area contributed by atoms with E-state index in [4.69, 9.17) is 9.47 Å². The number of amides is 3. The molecule has 0 heterocycles. The first kappa shape index (κ1) is 31.6. The summed E-state index contributed by atoms with van der Waals surface area (Å²) >= 11 is 1.29. The summed E-state index contributed by atoms with van der Waals surface area (Å²) in [6.45, 7) is 2.02. The van der Waals surface area contributed by atoms with Gasteiger partial charge in [0, 0.05) is 21.8 Å². The second-order valence-electron chi connectivity index (χ2n) is 9.27. The molecule has 0 aliphatic heterocycles. The fraction of sp³-hybridized carbons (Fsp3) is 0.118. The number of esters is 1. The molecule has 3 N–H and O–H groups in total. The van der Waals surface area contributed by atoms with Crippen molar-refractivity contribution in [1.82, 2.24) is 5.32 Å². The van der Waals surface area contributed by atoms with Crippen LogP contribution in [0.4, 0.5) is 11.4 Å². The molecule has 0 saturated heterocycles. The van der Waals surface area contributed by atoms with Crippen molar-refractivity contribution in [2.75, 3.05) is 30.1 Å². The predicted octanol–water partition coefficient (Wildman–Crippen LogP) is 6.01. The molecule has 0 aliphatic rings. The lowest BCUT2D eigenvalue weighted by Crippen LogP contribution is -2.30. The highest BCUT2D eigenvalue weighted by Crippen LogP contribution is 2.23. The Morgan fingerprint density at radius 1 is 0.773 bits per heavy atom. The van der Waals surface area contributed by atoms with Gasteiger partial charge in [0.2, 0.25) is 5.91 Å². The van der Waals surface area contributed by atoms with E-state index < -0.39 is 17.8 Å².